The standard InChI is InChI=1S/C25H29N3O8S2/c1-16(2)26-25(29)21-15-20(11-13-23(21)35-4)38(32,33)27-17-6-9-19(10-7-17)37(30,31)28-22-14-18(34-3)8-12-24(22)36-5/h6-16,27-28H,1-5H3,(H,26,29). The fourth-order valence-electron chi connectivity index (χ4n) is 3.39. The van der Waals surface area contributed by atoms with Crippen molar-refractivity contribution in [3.8, 4) is 17.2 Å². The first-order valence-electron chi connectivity index (χ1n) is 11.3. The van der Waals surface area contributed by atoms with Crippen molar-refractivity contribution in [3.05, 3.63) is 66.2 Å². The van der Waals surface area contributed by atoms with Crippen LogP contribution in [0.5, 0.6) is 17.2 Å². The first kappa shape index (κ1) is 28.6. The molecule has 0 bridgehead atoms. The smallest absolute Gasteiger partial charge is 0.262 e. The van der Waals surface area contributed by atoms with Crippen LogP contribution in [0, 0.1) is 0 Å². The number of hydrogen-bond donors (Lipinski definition) is 3. The molecule has 38 heavy (non-hydrogen) atoms. The van der Waals surface area contributed by atoms with E-state index in [0.29, 0.717) is 11.5 Å². The highest BCUT2D eigenvalue weighted by atomic mass is 32.2. The molecule has 11 nitrogen and oxygen atoms in total. The van der Waals surface area contributed by atoms with Gasteiger partial charge in [-0.1, -0.05) is 0 Å². The van der Waals surface area contributed by atoms with Crippen LogP contribution in [-0.4, -0.2) is 50.1 Å². The van der Waals surface area contributed by atoms with Crippen molar-refractivity contribution >= 4 is 37.3 Å². The van der Waals surface area contributed by atoms with Gasteiger partial charge in [-0.3, -0.25) is 14.2 Å². The van der Waals surface area contributed by atoms with Crippen molar-refractivity contribution in [2.45, 2.75) is 29.7 Å². The molecule has 0 heterocycles. The quantitative estimate of drug-likeness (QED) is 0.321. The number of anilines is 2. The first-order valence-corrected chi connectivity index (χ1v) is 14.2. The van der Waals surface area contributed by atoms with E-state index in [2.05, 4.69) is 14.8 Å². The second-order valence-electron chi connectivity index (χ2n) is 8.29. The predicted octanol–water partition coefficient (Wildman–Crippen LogP) is 3.45. The molecule has 0 atom stereocenters. The highest BCUT2D eigenvalue weighted by Crippen LogP contribution is 2.31. The zero-order valence-electron chi connectivity index (χ0n) is 21.4. The molecule has 3 N–H and O–H groups in total. The Balaban J connectivity index is 1.84. The van der Waals surface area contributed by atoms with Gasteiger partial charge < -0.3 is 19.5 Å². The molecule has 3 rings (SSSR count). The largest absolute Gasteiger partial charge is 0.497 e. The molecule has 0 saturated heterocycles. The third-order valence-corrected chi connectivity index (χ3v) is 7.97. The summed E-state index contributed by atoms with van der Waals surface area (Å²) in [4.78, 5) is 12.2. The Hall–Kier alpha value is -3.97. The Labute approximate surface area is 222 Å². The number of carbonyl (C=O) groups excluding carboxylic acids is 1. The Morgan fingerprint density at radius 3 is 1.87 bits per heavy atom. The number of rotatable bonds is 11. The lowest BCUT2D eigenvalue weighted by Crippen LogP contribution is -2.30. The molecule has 204 valence electrons. The van der Waals surface area contributed by atoms with Crippen LogP contribution in [0.2, 0.25) is 0 Å². The average molecular weight is 564 g/mol. The van der Waals surface area contributed by atoms with Crippen LogP contribution in [0.25, 0.3) is 0 Å². The normalized spacial score (nSPS) is 11.5. The van der Waals surface area contributed by atoms with Crippen LogP contribution in [0.4, 0.5) is 11.4 Å². The maximum atomic E-state index is 13.0. The lowest BCUT2D eigenvalue weighted by molar-refractivity contribution is 0.0940. The first-order chi connectivity index (χ1) is 17.9. The zero-order valence-corrected chi connectivity index (χ0v) is 23.1. The molecule has 0 aromatic heterocycles. The second-order valence-corrected chi connectivity index (χ2v) is 11.7. The molecule has 13 heteroatoms. The lowest BCUT2D eigenvalue weighted by Gasteiger charge is -2.15. The summed E-state index contributed by atoms with van der Waals surface area (Å²) in [7, 11) is -3.92. The fraction of sp³-hybridized carbons (Fsp3) is 0.240. The summed E-state index contributed by atoms with van der Waals surface area (Å²) in [5.41, 5.74) is 0.352. The molecule has 0 saturated carbocycles. The summed E-state index contributed by atoms with van der Waals surface area (Å²) >= 11 is 0. The van der Waals surface area contributed by atoms with E-state index < -0.39 is 26.0 Å². The molecule has 1 amide bonds. The number of benzene rings is 3. The van der Waals surface area contributed by atoms with E-state index in [-0.39, 0.29) is 38.5 Å². The minimum Gasteiger partial charge on any atom is -0.497 e. The summed E-state index contributed by atoms with van der Waals surface area (Å²) in [6, 6.07) is 13.5. The number of nitrogens with one attached hydrogen (secondary N) is 3. The van der Waals surface area contributed by atoms with Crippen LogP contribution in [0.3, 0.4) is 0 Å². The van der Waals surface area contributed by atoms with E-state index in [1.165, 1.54) is 69.9 Å². The zero-order chi connectivity index (χ0) is 28.1. The fourth-order valence-corrected chi connectivity index (χ4v) is 5.53. The minimum absolute atomic E-state index is 0.0598. The topological polar surface area (TPSA) is 149 Å². The molecule has 0 aliphatic heterocycles. The number of carbonyl (C=O) groups is 1. The van der Waals surface area contributed by atoms with Gasteiger partial charge in [-0.25, -0.2) is 16.8 Å². The van der Waals surface area contributed by atoms with Gasteiger partial charge in [0, 0.05) is 17.8 Å². The van der Waals surface area contributed by atoms with E-state index in [9.17, 15) is 21.6 Å². The van der Waals surface area contributed by atoms with Crippen molar-refractivity contribution in [1.82, 2.24) is 5.32 Å². The number of ether oxygens (including phenoxy) is 3. The molecule has 3 aromatic rings. The van der Waals surface area contributed by atoms with Crippen LogP contribution in [-0.2, 0) is 20.0 Å². The molecule has 3 aromatic carbocycles. The van der Waals surface area contributed by atoms with Gasteiger partial charge in [-0.2, -0.15) is 0 Å². The van der Waals surface area contributed by atoms with Gasteiger partial charge in [-0.05, 0) is 68.4 Å². The summed E-state index contributed by atoms with van der Waals surface area (Å²) < 4.78 is 72.3. The highest BCUT2D eigenvalue weighted by Gasteiger charge is 2.22. The van der Waals surface area contributed by atoms with Crippen molar-refractivity contribution in [2.75, 3.05) is 30.8 Å². The molecule has 0 fully saturated rings. The van der Waals surface area contributed by atoms with E-state index in [1.807, 2.05) is 0 Å². The van der Waals surface area contributed by atoms with Crippen molar-refractivity contribution < 1.29 is 35.8 Å². The molecule has 0 aliphatic carbocycles. The predicted molar refractivity (Wildman–Crippen MR) is 143 cm³/mol. The summed E-state index contributed by atoms with van der Waals surface area (Å²) in [5, 5.41) is 2.70. The Morgan fingerprint density at radius 1 is 0.711 bits per heavy atom. The van der Waals surface area contributed by atoms with E-state index >= 15 is 0 Å². The number of sulfonamides is 2. The van der Waals surface area contributed by atoms with Gasteiger partial charge in [0.2, 0.25) is 0 Å². The second kappa shape index (κ2) is 11.6. The Kier molecular flexibility index (Phi) is 8.74. The van der Waals surface area contributed by atoms with Gasteiger partial charge in [0.25, 0.3) is 26.0 Å². The van der Waals surface area contributed by atoms with Gasteiger partial charge in [0.1, 0.15) is 17.2 Å². The van der Waals surface area contributed by atoms with E-state index in [0.717, 1.165) is 0 Å². The Morgan fingerprint density at radius 2 is 1.29 bits per heavy atom. The molecular weight excluding hydrogens is 534 g/mol. The third-order valence-electron chi connectivity index (χ3n) is 5.21. The van der Waals surface area contributed by atoms with Gasteiger partial charge in [-0.15, -0.1) is 0 Å². The average Bonchev–Trinajstić information content (AvgIpc) is 2.87. The lowest BCUT2D eigenvalue weighted by atomic mass is 10.2. The van der Waals surface area contributed by atoms with Gasteiger partial charge >= 0.3 is 0 Å². The van der Waals surface area contributed by atoms with Crippen LogP contribution < -0.4 is 29.0 Å². The number of amides is 1. The monoisotopic (exact) mass is 563 g/mol. The van der Waals surface area contributed by atoms with Crippen LogP contribution in [0.1, 0.15) is 24.2 Å². The number of hydrogen-bond acceptors (Lipinski definition) is 8. The third kappa shape index (κ3) is 6.66. The minimum atomic E-state index is -4.12. The van der Waals surface area contributed by atoms with Crippen molar-refractivity contribution in [1.29, 1.82) is 0 Å². The number of methoxy groups -OCH3 is 3. The van der Waals surface area contributed by atoms with Gasteiger partial charge in [0.05, 0.1) is 42.4 Å². The highest BCUT2D eigenvalue weighted by molar-refractivity contribution is 7.93. The molecule has 0 spiro atoms. The molecule has 0 radical (unpaired) electrons. The Bertz CT molecular complexity index is 1520. The van der Waals surface area contributed by atoms with Crippen LogP contribution in [0.15, 0.2) is 70.5 Å². The maximum absolute atomic E-state index is 13.0. The van der Waals surface area contributed by atoms with Crippen LogP contribution >= 0.6 is 0 Å². The molecular formula is C25H29N3O8S2. The van der Waals surface area contributed by atoms with E-state index in [1.54, 1.807) is 26.0 Å². The summed E-state index contributed by atoms with van der Waals surface area (Å²) in [5.74, 6) is 0.455. The molecule has 0 unspecified atom stereocenters. The summed E-state index contributed by atoms with van der Waals surface area (Å²) in [6.45, 7) is 3.55. The van der Waals surface area contributed by atoms with Crippen molar-refractivity contribution in [2.24, 2.45) is 0 Å². The van der Waals surface area contributed by atoms with Gasteiger partial charge in [0.15, 0.2) is 0 Å². The summed E-state index contributed by atoms with van der Waals surface area (Å²) in [6.07, 6.45) is 0. The maximum Gasteiger partial charge on any atom is 0.262 e. The SMILES string of the molecule is COc1ccc(OC)c(NS(=O)(=O)c2ccc(NS(=O)(=O)c3ccc(OC)c(C(=O)NC(C)C)c3)cc2)c1. The van der Waals surface area contributed by atoms with Crippen molar-refractivity contribution in [3.63, 3.8) is 0 Å². The van der Waals surface area contributed by atoms with E-state index in [4.69, 9.17) is 14.2 Å². The molecule has 0 aliphatic rings.